The minimum absolute atomic E-state index is 0.145. The number of fused-ring (bicyclic) bond motifs is 1. The molecule has 1 heterocycles. The van der Waals surface area contributed by atoms with E-state index in [-0.39, 0.29) is 12.5 Å². The second-order valence-electron chi connectivity index (χ2n) is 4.00. The minimum Gasteiger partial charge on any atom is -0.441 e. The van der Waals surface area contributed by atoms with Gasteiger partial charge in [-0.25, -0.2) is 4.98 Å². The van der Waals surface area contributed by atoms with E-state index in [1.54, 1.807) is 18.2 Å². The highest BCUT2D eigenvalue weighted by molar-refractivity contribution is 5.94. The number of aryl methyl sites for hydroxylation is 1. The Bertz CT molecular complexity index is 625. The first kappa shape index (κ1) is 13.1. The van der Waals surface area contributed by atoms with Crippen LogP contribution in [0.4, 0.5) is 5.69 Å². The summed E-state index contributed by atoms with van der Waals surface area (Å²) in [4.78, 5) is 15.9. The van der Waals surface area contributed by atoms with Crippen LogP contribution in [-0.4, -0.2) is 24.0 Å². The Morgan fingerprint density at radius 1 is 1.53 bits per heavy atom. The van der Waals surface area contributed by atoms with Crippen molar-refractivity contribution in [2.24, 2.45) is 0 Å². The monoisotopic (exact) mass is 257 g/mol. The largest absolute Gasteiger partial charge is 0.441 e. The van der Waals surface area contributed by atoms with Crippen LogP contribution in [0.1, 0.15) is 12.8 Å². The fourth-order valence-electron chi connectivity index (χ4n) is 1.66. The summed E-state index contributed by atoms with van der Waals surface area (Å²) >= 11 is 0. The zero-order valence-electron chi connectivity index (χ0n) is 10.7. The lowest BCUT2D eigenvalue weighted by Gasteiger charge is -2.04. The van der Waals surface area contributed by atoms with E-state index in [4.69, 9.17) is 10.8 Å². The van der Waals surface area contributed by atoms with Gasteiger partial charge in [-0.05, 0) is 18.2 Å². The van der Waals surface area contributed by atoms with Gasteiger partial charge in [0.15, 0.2) is 11.5 Å². The van der Waals surface area contributed by atoms with Crippen LogP contribution >= 0.6 is 0 Å². The number of hydrogen-bond donors (Lipinski definition) is 2. The van der Waals surface area contributed by atoms with Crippen molar-refractivity contribution in [3.63, 3.8) is 0 Å². The lowest BCUT2D eigenvalue weighted by Crippen LogP contribution is -2.28. The highest BCUT2D eigenvalue weighted by atomic mass is 16.3. The van der Waals surface area contributed by atoms with Crippen molar-refractivity contribution in [1.82, 2.24) is 10.3 Å². The zero-order valence-corrected chi connectivity index (χ0v) is 10.7. The SMILES string of the molecule is C#CCNCC(=O)Nc1ccc2oc(CC)nc2c1. The third-order valence-corrected chi connectivity index (χ3v) is 2.53. The Balaban J connectivity index is 2.04. The summed E-state index contributed by atoms with van der Waals surface area (Å²) in [6.45, 7) is 2.53. The molecule has 2 N–H and O–H groups in total. The number of carbonyl (C=O) groups is 1. The van der Waals surface area contributed by atoms with E-state index < -0.39 is 0 Å². The summed E-state index contributed by atoms with van der Waals surface area (Å²) in [5, 5.41) is 5.59. The van der Waals surface area contributed by atoms with Gasteiger partial charge in [-0.1, -0.05) is 12.8 Å². The highest BCUT2D eigenvalue weighted by Crippen LogP contribution is 2.20. The van der Waals surface area contributed by atoms with Crippen LogP contribution in [0.3, 0.4) is 0 Å². The summed E-state index contributed by atoms with van der Waals surface area (Å²) in [5.74, 6) is 2.95. The maximum atomic E-state index is 11.6. The number of oxazole rings is 1. The third-order valence-electron chi connectivity index (χ3n) is 2.53. The van der Waals surface area contributed by atoms with Gasteiger partial charge in [0.1, 0.15) is 5.52 Å². The Morgan fingerprint density at radius 3 is 3.11 bits per heavy atom. The summed E-state index contributed by atoms with van der Waals surface area (Å²) in [5.41, 5.74) is 2.16. The van der Waals surface area contributed by atoms with Gasteiger partial charge in [0, 0.05) is 12.1 Å². The molecule has 0 bridgehead atoms. The molecule has 1 amide bonds. The number of benzene rings is 1. The van der Waals surface area contributed by atoms with Crippen LogP contribution in [0.5, 0.6) is 0 Å². The van der Waals surface area contributed by atoms with E-state index in [2.05, 4.69) is 21.5 Å². The van der Waals surface area contributed by atoms with Crippen LogP contribution in [-0.2, 0) is 11.2 Å². The van der Waals surface area contributed by atoms with Crippen molar-refractivity contribution >= 4 is 22.7 Å². The first-order chi connectivity index (χ1) is 9.22. The van der Waals surface area contributed by atoms with E-state index in [1.165, 1.54) is 0 Å². The van der Waals surface area contributed by atoms with Crippen LogP contribution in [0, 0.1) is 12.3 Å². The Morgan fingerprint density at radius 2 is 2.37 bits per heavy atom. The fraction of sp³-hybridized carbons (Fsp3) is 0.286. The van der Waals surface area contributed by atoms with E-state index in [0.717, 1.165) is 17.5 Å². The molecular formula is C14H15N3O2. The van der Waals surface area contributed by atoms with Crippen molar-refractivity contribution in [1.29, 1.82) is 0 Å². The second-order valence-corrected chi connectivity index (χ2v) is 4.00. The molecule has 5 nitrogen and oxygen atoms in total. The smallest absolute Gasteiger partial charge is 0.238 e. The molecule has 0 unspecified atom stereocenters. The average molecular weight is 257 g/mol. The van der Waals surface area contributed by atoms with E-state index in [1.807, 2.05) is 6.92 Å². The van der Waals surface area contributed by atoms with E-state index in [0.29, 0.717) is 18.1 Å². The number of nitrogens with one attached hydrogen (secondary N) is 2. The molecule has 19 heavy (non-hydrogen) atoms. The predicted octanol–water partition coefficient (Wildman–Crippen LogP) is 1.55. The number of amides is 1. The van der Waals surface area contributed by atoms with Crippen molar-refractivity contribution < 1.29 is 9.21 Å². The summed E-state index contributed by atoms with van der Waals surface area (Å²) in [6, 6.07) is 5.37. The molecule has 1 aromatic carbocycles. The van der Waals surface area contributed by atoms with Crippen molar-refractivity contribution in [3.05, 3.63) is 24.1 Å². The first-order valence-electron chi connectivity index (χ1n) is 6.06. The standard InChI is InChI=1S/C14H15N3O2/c1-3-7-15-9-13(18)16-10-5-6-12-11(8-10)17-14(4-2)19-12/h1,5-6,8,15H,4,7,9H2,2H3,(H,16,18). The average Bonchev–Trinajstić information content (AvgIpc) is 2.81. The summed E-state index contributed by atoms with van der Waals surface area (Å²) in [6.07, 6.45) is 5.82. The molecule has 98 valence electrons. The molecule has 2 rings (SSSR count). The molecule has 0 radical (unpaired) electrons. The molecule has 0 atom stereocenters. The van der Waals surface area contributed by atoms with E-state index >= 15 is 0 Å². The number of hydrogen-bond acceptors (Lipinski definition) is 4. The predicted molar refractivity (Wildman–Crippen MR) is 73.7 cm³/mol. The number of carbonyl (C=O) groups excluding carboxylic acids is 1. The van der Waals surface area contributed by atoms with Crippen molar-refractivity contribution in [2.45, 2.75) is 13.3 Å². The van der Waals surface area contributed by atoms with Gasteiger partial charge in [-0.15, -0.1) is 6.42 Å². The summed E-state index contributed by atoms with van der Waals surface area (Å²) in [7, 11) is 0. The molecule has 0 spiro atoms. The maximum absolute atomic E-state index is 11.6. The van der Waals surface area contributed by atoms with Crippen LogP contribution in [0.15, 0.2) is 22.6 Å². The lowest BCUT2D eigenvalue weighted by molar-refractivity contribution is -0.115. The molecule has 0 aliphatic carbocycles. The Hall–Kier alpha value is -2.32. The van der Waals surface area contributed by atoms with Gasteiger partial charge in [-0.2, -0.15) is 0 Å². The summed E-state index contributed by atoms with van der Waals surface area (Å²) < 4.78 is 5.50. The number of nitrogens with zero attached hydrogens (tertiary/aromatic N) is 1. The molecule has 5 heteroatoms. The lowest BCUT2D eigenvalue weighted by atomic mass is 10.3. The van der Waals surface area contributed by atoms with Crippen LogP contribution in [0.25, 0.3) is 11.1 Å². The fourth-order valence-corrected chi connectivity index (χ4v) is 1.66. The Labute approximate surface area is 111 Å². The molecular weight excluding hydrogens is 242 g/mol. The van der Waals surface area contributed by atoms with Gasteiger partial charge >= 0.3 is 0 Å². The van der Waals surface area contributed by atoms with Gasteiger partial charge in [0.25, 0.3) is 0 Å². The van der Waals surface area contributed by atoms with Gasteiger partial charge in [-0.3, -0.25) is 10.1 Å². The topological polar surface area (TPSA) is 67.2 Å². The Kier molecular flexibility index (Phi) is 4.16. The second kappa shape index (κ2) is 6.03. The molecule has 0 aliphatic heterocycles. The van der Waals surface area contributed by atoms with E-state index in [9.17, 15) is 4.79 Å². The molecule has 0 fully saturated rings. The number of aromatic nitrogens is 1. The van der Waals surface area contributed by atoms with Crippen LogP contribution < -0.4 is 10.6 Å². The quantitative estimate of drug-likeness (QED) is 0.630. The molecule has 0 saturated heterocycles. The van der Waals surface area contributed by atoms with Crippen molar-refractivity contribution in [3.8, 4) is 12.3 Å². The first-order valence-corrected chi connectivity index (χ1v) is 6.06. The molecule has 0 aliphatic rings. The number of rotatable bonds is 5. The van der Waals surface area contributed by atoms with Gasteiger partial charge in [0.05, 0.1) is 13.1 Å². The number of terminal acetylenes is 1. The molecule has 1 aromatic heterocycles. The van der Waals surface area contributed by atoms with Gasteiger partial charge < -0.3 is 9.73 Å². The van der Waals surface area contributed by atoms with Crippen molar-refractivity contribution in [2.75, 3.05) is 18.4 Å². The maximum Gasteiger partial charge on any atom is 0.238 e. The minimum atomic E-state index is -0.145. The number of anilines is 1. The van der Waals surface area contributed by atoms with Crippen LogP contribution in [0.2, 0.25) is 0 Å². The normalized spacial score (nSPS) is 10.3. The van der Waals surface area contributed by atoms with Gasteiger partial charge in [0.2, 0.25) is 5.91 Å². The molecule has 2 aromatic rings. The highest BCUT2D eigenvalue weighted by Gasteiger charge is 2.06. The third kappa shape index (κ3) is 3.33. The zero-order chi connectivity index (χ0) is 13.7. The molecule has 0 saturated carbocycles.